The Morgan fingerprint density at radius 2 is 2.10 bits per heavy atom. The molecule has 0 aromatic carbocycles. The van der Waals surface area contributed by atoms with Crippen LogP contribution < -0.4 is 15.8 Å². The van der Waals surface area contributed by atoms with Crippen LogP contribution in [0.25, 0.3) is 0 Å². The fourth-order valence-electron chi connectivity index (χ4n) is 2.30. The van der Waals surface area contributed by atoms with Gasteiger partial charge in [-0.2, -0.15) is 5.26 Å². The molecule has 5 nitrogen and oxygen atoms in total. The highest BCUT2D eigenvalue weighted by Gasteiger charge is 2.23. The monoisotopic (exact) mass is 294 g/mol. The van der Waals surface area contributed by atoms with Gasteiger partial charge in [-0.1, -0.05) is 0 Å². The predicted molar refractivity (Wildman–Crippen MR) is 83.4 cm³/mol. The summed E-state index contributed by atoms with van der Waals surface area (Å²) in [4.78, 5) is 2.85. The third-order valence-electron chi connectivity index (χ3n) is 3.41. The van der Waals surface area contributed by atoms with E-state index in [2.05, 4.69) is 23.3 Å². The zero-order chi connectivity index (χ0) is 14.7. The summed E-state index contributed by atoms with van der Waals surface area (Å²) < 4.78 is 5.78. The first-order valence-corrected chi connectivity index (χ1v) is 7.77. The first kappa shape index (κ1) is 14.9. The molecule has 0 amide bonds. The van der Waals surface area contributed by atoms with Crippen molar-refractivity contribution >= 4 is 22.0 Å². The molecule has 1 aromatic rings. The fraction of sp³-hybridized carbons (Fsp3) is 0.643. The van der Waals surface area contributed by atoms with Crippen molar-refractivity contribution in [1.29, 1.82) is 5.26 Å². The van der Waals surface area contributed by atoms with E-state index in [1.807, 2.05) is 13.8 Å². The molecule has 0 spiro atoms. The lowest BCUT2D eigenvalue weighted by Gasteiger charge is -2.30. The molecule has 0 bridgehead atoms. The summed E-state index contributed by atoms with van der Waals surface area (Å²) >= 11 is 1.39. The van der Waals surface area contributed by atoms with Crippen molar-refractivity contribution in [3.63, 3.8) is 0 Å². The molecule has 0 aliphatic carbocycles. The summed E-state index contributed by atoms with van der Waals surface area (Å²) in [5.74, 6) is 0.639. The van der Waals surface area contributed by atoms with Crippen LogP contribution in [0.15, 0.2) is 0 Å². The zero-order valence-electron chi connectivity index (χ0n) is 12.3. The fourth-order valence-corrected chi connectivity index (χ4v) is 3.23. The average Bonchev–Trinajstić information content (AvgIpc) is 2.69. The molecule has 0 atom stereocenters. The van der Waals surface area contributed by atoms with Crippen LogP contribution in [0.1, 0.15) is 31.6 Å². The molecule has 6 heteroatoms. The molecule has 1 saturated heterocycles. The average molecular weight is 294 g/mol. The van der Waals surface area contributed by atoms with Gasteiger partial charge in [-0.05, 0) is 46.8 Å². The highest BCUT2D eigenvalue weighted by molar-refractivity contribution is 7.17. The Bertz CT molecular complexity index is 498. The number of hydrogen-bond donors (Lipinski definition) is 2. The molecular formula is C14H22N4OS. The molecule has 1 fully saturated rings. The van der Waals surface area contributed by atoms with Gasteiger partial charge >= 0.3 is 0 Å². The van der Waals surface area contributed by atoms with Crippen molar-refractivity contribution in [3.05, 3.63) is 4.88 Å². The topological polar surface area (TPSA) is 74.3 Å². The first-order valence-electron chi connectivity index (χ1n) is 6.95. The number of rotatable bonds is 4. The summed E-state index contributed by atoms with van der Waals surface area (Å²) in [7, 11) is 2.14. The van der Waals surface area contributed by atoms with Crippen LogP contribution in [0.3, 0.4) is 0 Å². The van der Waals surface area contributed by atoms with Crippen LogP contribution in [-0.2, 0) is 0 Å². The van der Waals surface area contributed by atoms with E-state index in [1.54, 1.807) is 0 Å². The Kier molecular flexibility index (Phi) is 4.73. The van der Waals surface area contributed by atoms with E-state index in [0.717, 1.165) is 30.9 Å². The minimum atomic E-state index is 0.0384. The number of hydrogen-bond acceptors (Lipinski definition) is 6. The number of nitrogens with two attached hydrogens (primary N) is 1. The number of nitrogen functional groups attached to an aromatic ring is 1. The molecule has 1 aromatic heterocycles. The first-order chi connectivity index (χ1) is 9.51. The predicted octanol–water partition coefficient (Wildman–Crippen LogP) is 2.50. The van der Waals surface area contributed by atoms with Gasteiger partial charge in [-0.3, -0.25) is 0 Å². The second-order valence-electron chi connectivity index (χ2n) is 5.50. The molecule has 20 heavy (non-hydrogen) atoms. The lowest BCUT2D eigenvalue weighted by molar-refractivity contribution is 0.244. The molecule has 2 rings (SSSR count). The summed E-state index contributed by atoms with van der Waals surface area (Å²) in [6.07, 6.45) is 2.23. The molecule has 110 valence electrons. The van der Waals surface area contributed by atoms with E-state index >= 15 is 0 Å². The maximum absolute atomic E-state index is 9.12. The van der Waals surface area contributed by atoms with Crippen LogP contribution in [0.2, 0.25) is 0 Å². The number of piperidine rings is 1. The van der Waals surface area contributed by atoms with E-state index in [9.17, 15) is 0 Å². The van der Waals surface area contributed by atoms with Gasteiger partial charge in [0.05, 0.1) is 6.10 Å². The van der Waals surface area contributed by atoms with Crippen LogP contribution in [0.4, 0.5) is 10.7 Å². The van der Waals surface area contributed by atoms with E-state index in [1.165, 1.54) is 11.3 Å². The Hall–Kier alpha value is -1.45. The summed E-state index contributed by atoms with van der Waals surface area (Å²) in [6, 6.07) is 2.56. The van der Waals surface area contributed by atoms with Gasteiger partial charge in [0.25, 0.3) is 0 Å². The second-order valence-corrected chi connectivity index (χ2v) is 6.52. The molecule has 1 aliphatic heterocycles. The SMILES string of the molecule is CC(C)Oc1c(NC2CCN(C)CC2)sc(C#N)c1N. The Morgan fingerprint density at radius 3 is 2.65 bits per heavy atom. The van der Waals surface area contributed by atoms with Crippen LogP contribution in [0, 0.1) is 11.3 Å². The van der Waals surface area contributed by atoms with Crippen molar-refractivity contribution < 1.29 is 4.74 Å². The number of nitrogens with one attached hydrogen (secondary N) is 1. The van der Waals surface area contributed by atoms with Crippen molar-refractivity contribution in [3.8, 4) is 11.8 Å². The Morgan fingerprint density at radius 1 is 1.45 bits per heavy atom. The number of thiophene rings is 1. The van der Waals surface area contributed by atoms with E-state index in [0.29, 0.717) is 22.4 Å². The molecule has 0 saturated carbocycles. The molecule has 0 unspecified atom stereocenters. The Labute approximate surface area is 124 Å². The zero-order valence-corrected chi connectivity index (χ0v) is 13.1. The summed E-state index contributed by atoms with van der Waals surface area (Å²) in [5.41, 5.74) is 6.46. The lowest BCUT2D eigenvalue weighted by atomic mass is 10.1. The quantitative estimate of drug-likeness (QED) is 0.892. The van der Waals surface area contributed by atoms with Crippen molar-refractivity contribution in [2.75, 3.05) is 31.2 Å². The van der Waals surface area contributed by atoms with Gasteiger partial charge in [0, 0.05) is 6.04 Å². The van der Waals surface area contributed by atoms with E-state index < -0.39 is 0 Å². The number of ether oxygens (including phenoxy) is 1. The Balaban J connectivity index is 2.16. The molecule has 3 N–H and O–H groups in total. The number of nitrogens with zero attached hydrogens (tertiary/aromatic N) is 2. The third kappa shape index (κ3) is 3.35. The molecular weight excluding hydrogens is 272 g/mol. The number of nitriles is 1. The minimum absolute atomic E-state index is 0.0384. The molecule has 0 radical (unpaired) electrons. The number of anilines is 2. The van der Waals surface area contributed by atoms with Crippen molar-refractivity contribution in [2.45, 2.75) is 38.8 Å². The maximum Gasteiger partial charge on any atom is 0.178 e. The molecule has 2 heterocycles. The van der Waals surface area contributed by atoms with Crippen LogP contribution >= 0.6 is 11.3 Å². The number of likely N-dealkylation sites (tertiary alicyclic amines) is 1. The molecule has 1 aliphatic rings. The van der Waals surface area contributed by atoms with Gasteiger partial charge in [-0.15, -0.1) is 11.3 Å². The van der Waals surface area contributed by atoms with Crippen molar-refractivity contribution in [2.24, 2.45) is 0 Å². The smallest absolute Gasteiger partial charge is 0.178 e. The van der Waals surface area contributed by atoms with E-state index in [-0.39, 0.29) is 6.10 Å². The van der Waals surface area contributed by atoms with Gasteiger partial charge in [0.1, 0.15) is 21.6 Å². The van der Waals surface area contributed by atoms with Gasteiger partial charge in [0.15, 0.2) is 5.75 Å². The lowest BCUT2D eigenvalue weighted by Crippen LogP contribution is -2.36. The van der Waals surface area contributed by atoms with Gasteiger partial charge in [0.2, 0.25) is 0 Å². The normalized spacial score (nSPS) is 17.1. The summed E-state index contributed by atoms with van der Waals surface area (Å²) in [6.45, 7) is 6.10. The van der Waals surface area contributed by atoms with Crippen LogP contribution in [-0.4, -0.2) is 37.2 Å². The highest BCUT2D eigenvalue weighted by atomic mass is 32.1. The van der Waals surface area contributed by atoms with E-state index in [4.69, 9.17) is 15.7 Å². The van der Waals surface area contributed by atoms with Gasteiger partial charge < -0.3 is 20.7 Å². The second kappa shape index (κ2) is 6.33. The van der Waals surface area contributed by atoms with Gasteiger partial charge in [-0.25, -0.2) is 0 Å². The maximum atomic E-state index is 9.12. The highest BCUT2D eigenvalue weighted by Crippen LogP contribution is 2.43. The standard InChI is InChI=1S/C14H22N4OS/c1-9(2)19-13-12(16)11(8-15)20-14(13)17-10-4-6-18(3)7-5-10/h9-10,17H,4-7,16H2,1-3H3. The van der Waals surface area contributed by atoms with Crippen LogP contribution in [0.5, 0.6) is 5.75 Å². The summed E-state index contributed by atoms with van der Waals surface area (Å²) in [5, 5.41) is 13.5. The minimum Gasteiger partial charge on any atom is -0.486 e. The largest absolute Gasteiger partial charge is 0.486 e. The third-order valence-corrected chi connectivity index (χ3v) is 4.43. The van der Waals surface area contributed by atoms with Crippen molar-refractivity contribution in [1.82, 2.24) is 4.90 Å².